The van der Waals surface area contributed by atoms with Crippen LogP contribution < -0.4 is 4.89 Å². The molecule has 0 amide bonds. The van der Waals surface area contributed by atoms with E-state index in [0.717, 1.165) is 24.8 Å². The molecule has 0 radical (unpaired) electrons. The Labute approximate surface area is 242 Å². The van der Waals surface area contributed by atoms with Gasteiger partial charge in [-0.1, -0.05) is 88.4 Å². The minimum absolute atomic E-state index is 0.0283. The maximum atomic E-state index is 9.03. The predicted octanol–water partition coefficient (Wildman–Crippen LogP) is 8.86. The molecular formula is C37H34N2O2. The first kappa shape index (κ1) is 26.8. The lowest BCUT2D eigenvalue weighted by molar-refractivity contribution is -0.217. The Balaban J connectivity index is 1.32. The van der Waals surface area contributed by atoms with Crippen molar-refractivity contribution in [3.63, 3.8) is 0 Å². The number of hydrogen-bond acceptors (Lipinski definition) is 3. The molecule has 0 N–H and O–H groups in total. The smallest absolute Gasteiger partial charge is 0.187 e. The van der Waals surface area contributed by atoms with E-state index in [1.807, 2.05) is 30.3 Å². The summed E-state index contributed by atoms with van der Waals surface area (Å²) in [4.78, 5) is 15.0. The number of nitriles is 1. The molecule has 41 heavy (non-hydrogen) atoms. The Morgan fingerprint density at radius 3 is 1.95 bits per heavy atom. The summed E-state index contributed by atoms with van der Waals surface area (Å²) in [6, 6.07) is 30.9. The molecule has 2 aliphatic carbocycles. The summed E-state index contributed by atoms with van der Waals surface area (Å²) in [5.74, 6) is 0.705. The molecule has 0 aromatic heterocycles. The van der Waals surface area contributed by atoms with Crippen LogP contribution in [0.15, 0.2) is 84.9 Å². The number of hydrogen-bond donors (Lipinski definition) is 0. The van der Waals surface area contributed by atoms with Gasteiger partial charge >= 0.3 is 0 Å². The molecule has 0 saturated heterocycles. The standard InChI is InChI=1S/C37H34N2O2/c1-35(2)23-37(33-19-28(12-16-31(33)35)18-25-10-13-29(39-5)14-11-25)24-36(3,4)32-17-15-30(20-34(32)37)41-40-22-27-8-6-26(21-38)7-9-27/h6-17,19-20H,18,22-24H2,1-4H3. The van der Waals surface area contributed by atoms with Crippen LogP contribution in [0.4, 0.5) is 5.69 Å². The third-order valence-electron chi connectivity index (χ3n) is 8.99. The second-order valence-corrected chi connectivity index (χ2v) is 12.9. The monoisotopic (exact) mass is 538 g/mol. The van der Waals surface area contributed by atoms with Crippen LogP contribution in [0, 0.1) is 17.9 Å². The van der Waals surface area contributed by atoms with Crippen molar-refractivity contribution in [2.75, 3.05) is 0 Å². The van der Waals surface area contributed by atoms with Gasteiger partial charge in [-0.05, 0) is 93.3 Å². The van der Waals surface area contributed by atoms with E-state index in [1.54, 1.807) is 12.1 Å². The minimum atomic E-state index is -0.103. The van der Waals surface area contributed by atoms with Gasteiger partial charge in [0.2, 0.25) is 0 Å². The van der Waals surface area contributed by atoms with Gasteiger partial charge in [-0.15, -0.1) is 0 Å². The van der Waals surface area contributed by atoms with E-state index in [4.69, 9.17) is 21.6 Å². The quantitative estimate of drug-likeness (QED) is 0.140. The number of nitrogens with zero attached hydrogens (tertiary/aromatic N) is 2. The van der Waals surface area contributed by atoms with Gasteiger partial charge in [-0.2, -0.15) is 10.1 Å². The number of rotatable bonds is 6. The fraction of sp³-hybridized carbons (Fsp3) is 0.297. The molecule has 1 atom stereocenters. The SMILES string of the molecule is [C-]#[N+]c1ccc(Cc2ccc3c(c2)C2(CC3(C)C)CC(C)(C)c3ccc(OOCc4ccc(C#N)cc4)cc32)cc1. The molecule has 4 aromatic rings. The molecule has 2 aliphatic rings. The van der Waals surface area contributed by atoms with Gasteiger partial charge in [0.25, 0.3) is 0 Å². The molecule has 1 unspecified atom stereocenters. The van der Waals surface area contributed by atoms with E-state index in [9.17, 15) is 0 Å². The van der Waals surface area contributed by atoms with Gasteiger partial charge in [-0.25, -0.2) is 4.85 Å². The summed E-state index contributed by atoms with van der Waals surface area (Å²) >= 11 is 0. The van der Waals surface area contributed by atoms with E-state index < -0.39 is 0 Å². The van der Waals surface area contributed by atoms with Crippen LogP contribution in [-0.4, -0.2) is 0 Å². The van der Waals surface area contributed by atoms with Crippen molar-refractivity contribution in [1.82, 2.24) is 0 Å². The Hall–Kier alpha value is -4.38. The Morgan fingerprint density at radius 2 is 1.32 bits per heavy atom. The Bertz CT molecular complexity index is 1700. The topological polar surface area (TPSA) is 46.6 Å². The van der Waals surface area contributed by atoms with Crippen LogP contribution in [0.2, 0.25) is 0 Å². The fourth-order valence-electron chi connectivity index (χ4n) is 7.30. The predicted molar refractivity (Wildman–Crippen MR) is 161 cm³/mol. The second kappa shape index (κ2) is 9.91. The molecule has 6 rings (SSSR count). The van der Waals surface area contributed by atoms with Crippen LogP contribution >= 0.6 is 0 Å². The average molecular weight is 539 g/mol. The summed E-state index contributed by atoms with van der Waals surface area (Å²) in [6.45, 7) is 17.0. The molecule has 1 spiro atoms. The summed E-state index contributed by atoms with van der Waals surface area (Å²) < 4.78 is 0. The minimum Gasteiger partial charge on any atom is -0.337 e. The zero-order valence-corrected chi connectivity index (χ0v) is 24.1. The molecule has 4 aromatic carbocycles. The van der Waals surface area contributed by atoms with Gasteiger partial charge in [0.1, 0.15) is 6.61 Å². The molecule has 0 aliphatic heterocycles. The van der Waals surface area contributed by atoms with Crippen LogP contribution in [0.1, 0.15) is 85.0 Å². The fourth-order valence-corrected chi connectivity index (χ4v) is 7.30. The molecule has 0 bridgehead atoms. The highest BCUT2D eigenvalue weighted by atomic mass is 17.2. The van der Waals surface area contributed by atoms with Gasteiger partial charge in [0, 0.05) is 5.41 Å². The first-order valence-corrected chi connectivity index (χ1v) is 14.2. The lowest BCUT2D eigenvalue weighted by atomic mass is 9.72. The van der Waals surface area contributed by atoms with Crippen LogP contribution in [0.3, 0.4) is 0 Å². The van der Waals surface area contributed by atoms with E-state index >= 15 is 0 Å². The summed E-state index contributed by atoms with van der Waals surface area (Å²) in [5.41, 5.74) is 10.3. The van der Waals surface area contributed by atoms with Crippen molar-refractivity contribution in [3.05, 3.63) is 141 Å². The highest BCUT2D eigenvalue weighted by Gasteiger charge is 2.56. The van der Waals surface area contributed by atoms with E-state index in [0.29, 0.717) is 23.6 Å². The van der Waals surface area contributed by atoms with E-state index in [2.05, 4.69) is 81.1 Å². The van der Waals surface area contributed by atoms with Crippen molar-refractivity contribution >= 4 is 5.69 Å². The van der Waals surface area contributed by atoms with E-state index in [-0.39, 0.29) is 16.2 Å². The molecule has 4 heteroatoms. The Kier molecular flexibility index (Phi) is 6.49. The third kappa shape index (κ3) is 4.80. The third-order valence-corrected chi connectivity index (χ3v) is 8.99. The summed E-state index contributed by atoms with van der Waals surface area (Å²) in [7, 11) is 0. The lowest BCUT2D eigenvalue weighted by Crippen LogP contribution is -2.27. The van der Waals surface area contributed by atoms with E-state index in [1.165, 1.54) is 33.4 Å². The first-order valence-electron chi connectivity index (χ1n) is 14.2. The van der Waals surface area contributed by atoms with Crippen molar-refractivity contribution in [1.29, 1.82) is 5.26 Å². The molecule has 0 heterocycles. The molecule has 204 valence electrons. The number of fused-ring (bicyclic) bond motifs is 4. The largest absolute Gasteiger partial charge is 0.337 e. The zero-order valence-electron chi connectivity index (χ0n) is 24.1. The maximum absolute atomic E-state index is 9.03. The highest BCUT2D eigenvalue weighted by Crippen LogP contribution is 2.63. The van der Waals surface area contributed by atoms with Crippen LogP contribution in [-0.2, 0) is 34.2 Å². The molecular weight excluding hydrogens is 504 g/mol. The van der Waals surface area contributed by atoms with Gasteiger partial charge < -0.3 is 4.89 Å². The number of benzene rings is 4. The summed E-state index contributed by atoms with van der Waals surface area (Å²) in [6.07, 6.45) is 2.93. The summed E-state index contributed by atoms with van der Waals surface area (Å²) in [5, 5.41) is 9.03. The van der Waals surface area contributed by atoms with Crippen LogP contribution in [0.25, 0.3) is 4.85 Å². The zero-order chi connectivity index (χ0) is 28.8. The lowest BCUT2D eigenvalue weighted by Gasteiger charge is -2.30. The van der Waals surface area contributed by atoms with Crippen molar-refractivity contribution in [2.24, 2.45) is 0 Å². The van der Waals surface area contributed by atoms with Crippen LogP contribution in [0.5, 0.6) is 5.75 Å². The molecule has 4 nitrogen and oxygen atoms in total. The molecule has 0 fully saturated rings. The average Bonchev–Trinajstić information content (AvgIpc) is 3.33. The normalized spacial score (nSPS) is 19.3. The molecule has 0 saturated carbocycles. The van der Waals surface area contributed by atoms with Gasteiger partial charge in [0.15, 0.2) is 11.4 Å². The van der Waals surface area contributed by atoms with Gasteiger partial charge in [0.05, 0.1) is 18.2 Å². The van der Waals surface area contributed by atoms with Crippen molar-refractivity contribution < 1.29 is 9.78 Å². The second-order valence-electron chi connectivity index (χ2n) is 12.9. The first-order chi connectivity index (χ1) is 19.6. The van der Waals surface area contributed by atoms with Crippen molar-refractivity contribution in [3.8, 4) is 11.8 Å². The highest BCUT2D eigenvalue weighted by molar-refractivity contribution is 5.61. The van der Waals surface area contributed by atoms with Gasteiger partial charge in [-0.3, -0.25) is 0 Å². The maximum Gasteiger partial charge on any atom is 0.187 e. The van der Waals surface area contributed by atoms with Crippen molar-refractivity contribution in [2.45, 2.75) is 69.8 Å². The Morgan fingerprint density at radius 1 is 0.732 bits per heavy atom.